The standard InChI is InChI=1S/C16H26N4O/c1-3-8-20-9-6-13(7-10-20)18-16(21)15-5-4-14(19-17)11-12(15)2/h4-5,11,13,19H,3,6-10,17H2,1-2H3,(H,18,21). The lowest BCUT2D eigenvalue weighted by Crippen LogP contribution is -2.44. The first kappa shape index (κ1) is 15.8. The summed E-state index contributed by atoms with van der Waals surface area (Å²) in [5, 5.41) is 3.16. The molecular formula is C16H26N4O. The number of nitrogens with zero attached hydrogens (tertiary/aromatic N) is 1. The Morgan fingerprint density at radius 2 is 2.10 bits per heavy atom. The first-order valence-corrected chi connectivity index (χ1v) is 7.74. The average molecular weight is 290 g/mol. The van der Waals surface area contributed by atoms with Gasteiger partial charge in [-0.25, -0.2) is 0 Å². The van der Waals surface area contributed by atoms with Crippen LogP contribution < -0.4 is 16.6 Å². The highest BCUT2D eigenvalue weighted by atomic mass is 16.1. The molecule has 2 rings (SSSR count). The molecule has 1 aliphatic heterocycles. The van der Waals surface area contributed by atoms with Crippen LogP contribution in [0.15, 0.2) is 18.2 Å². The van der Waals surface area contributed by atoms with Crippen molar-refractivity contribution in [1.29, 1.82) is 0 Å². The predicted octanol–water partition coefficient (Wildman–Crippen LogP) is 1.88. The Kier molecular flexibility index (Phi) is 5.59. The number of amides is 1. The van der Waals surface area contributed by atoms with Crippen molar-refractivity contribution in [1.82, 2.24) is 10.2 Å². The number of likely N-dealkylation sites (tertiary alicyclic amines) is 1. The smallest absolute Gasteiger partial charge is 0.251 e. The molecule has 0 aliphatic carbocycles. The lowest BCUT2D eigenvalue weighted by Gasteiger charge is -2.32. The number of piperidine rings is 1. The number of hydrogen-bond donors (Lipinski definition) is 3. The second-order valence-electron chi connectivity index (χ2n) is 5.76. The molecule has 0 atom stereocenters. The third-order valence-electron chi connectivity index (χ3n) is 4.10. The Labute approximate surface area is 126 Å². The Hall–Kier alpha value is -1.59. The SMILES string of the molecule is CCCN1CCC(NC(=O)c2ccc(NN)cc2C)CC1. The maximum atomic E-state index is 12.4. The lowest BCUT2D eigenvalue weighted by molar-refractivity contribution is 0.0910. The molecule has 0 spiro atoms. The third-order valence-corrected chi connectivity index (χ3v) is 4.10. The van der Waals surface area contributed by atoms with Crippen LogP contribution in [0.3, 0.4) is 0 Å². The third kappa shape index (κ3) is 4.19. The number of benzene rings is 1. The van der Waals surface area contributed by atoms with E-state index in [-0.39, 0.29) is 11.9 Å². The van der Waals surface area contributed by atoms with E-state index in [4.69, 9.17) is 5.84 Å². The minimum absolute atomic E-state index is 0.0185. The summed E-state index contributed by atoms with van der Waals surface area (Å²) in [6, 6.07) is 5.83. The fourth-order valence-corrected chi connectivity index (χ4v) is 2.89. The fraction of sp³-hybridized carbons (Fsp3) is 0.562. The molecule has 1 aromatic carbocycles. The molecule has 5 heteroatoms. The van der Waals surface area contributed by atoms with Gasteiger partial charge in [0.1, 0.15) is 0 Å². The summed E-state index contributed by atoms with van der Waals surface area (Å²) in [7, 11) is 0. The van der Waals surface area contributed by atoms with Gasteiger partial charge in [0.25, 0.3) is 5.91 Å². The zero-order valence-corrected chi connectivity index (χ0v) is 13.0. The molecule has 21 heavy (non-hydrogen) atoms. The van der Waals surface area contributed by atoms with E-state index < -0.39 is 0 Å². The summed E-state index contributed by atoms with van der Waals surface area (Å²) in [4.78, 5) is 14.8. The number of aryl methyl sites for hydroxylation is 1. The van der Waals surface area contributed by atoms with Gasteiger partial charge in [0, 0.05) is 30.4 Å². The zero-order valence-electron chi connectivity index (χ0n) is 13.0. The van der Waals surface area contributed by atoms with E-state index in [9.17, 15) is 4.79 Å². The van der Waals surface area contributed by atoms with Gasteiger partial charge in [0.05, 0.1) is 0 Å². The van der Waals surface area contributed by atoms with E-state index in [1.807, 2.05) is 25.1 Å². The maximum Gasteiger partial charge on any atom is 0.251 e. The molecule has 1 amide bonds. The van der Waals surface area contributed by atoms with E-state index >= 15 is 0 Å². The number of carbonyl (C=O) groups excluding carboxylic acids is 1. The molecule has 5 nitrogen and oxygen atoms in total. The van der Waals surface area contributed by atoms with Crippen LogP contribution in [0.1, 0.15) is 42.1 Å². The highest BCUT2D eigenvalue weighted by molar-refractivity contribution is 5.96. The van der Waals surface area contributed by atoms with E-state index in [1.165, 1.54) is 6.42 Å². The second kappa shape index (κ2) is 7.43. The Balaban J connectivity index is 1.90. The lowest BCUT2D eigenvalue weighted by atomic mass is 10.0. The molecule has 1 fully saturated rings. The molecule has 1 aliphatic rings. The van der Waals surface area contributed by atoms with Gasteiger partial charge in [-0.15, -0.1) is 0 Å². The molecule has 0 radical (unpaired) electrons. The quantitative estimate of drug-likeness (QED) is 0.572. The minimum atomic E-state index is 0.0185. The van der Waals surface area contributed by atoms with Crippen molar-refractivity contribution in [3.63, 3.8) is 0 Å². The van der Waals surface area contributed by atoms with Crippen LogP contribution in [0.4, 0.5) is 5.69 Å². The van der Waals surface area contributed by atoms with E-state index in [0.29, 0.717) is 0 Å². The van der Waals surface area contributed by atoms with Crippen LogP contribution in [0, 0.1) is 6.92 Å². The predicted molar refractivity (Wildman–Crippen MR) is 86.2 cm³/mol. The number of anilines is 1. The molecule has 0 bridgehead atoms. The summed E-state index contributed by atoms with van der Waals surface area (Å²) in [6.45, 7) is 7.45. The van der Waals surface area contributed by atoms with Gasteiger partial charge in [-0.05, 0) is 56.5 Å². The summed E-state index contributed by atoms with van der Waals surface area (Å²) in [5.74, 6) is 5.40. The average Bonchev–Trinajstić information content (AvgIpc) is 2.49. The van der Waals surface area contributed by atoms with Crippen LogP contribution in [0.5, 0.6) is 0 Å². The number of hydrazine groups is 1. The van der Waals surface area contributed by atoms with Crippen molar-refractivity contribution in [3.05, 3.63) is 29.3 Å². The first-order valence-electron chi connectivity index (χ1n) is 7.74. The van der Waals surface area contributed by atoms with Gasteiger partial charge in [0.2, 0.25) is 0 Å². The topological polar surface area (TPSA) is 70.4 Å². The maximum absolute atomic E-state index is 12.4. The Bertz CT molecular complexity index is 481. The van der Waals surface area contributed by atoms with E-state index in [1.54, 1.807) is 0 Å². The fourth-order valence-electron chi connectivity index (χ4n) is 2.89. The molecule has 1 saturated heterocycles. The van der Waals surface area contributed by atoms with Crippen molar-refractivity contribution in [2.24, 2.45) is 5.84 Å². The van der Waals surface area contributed by atoms with Gasteiger partial charge >= 0.3 is 0 Å². The van der Waals surface area contributed by atoms with Gasteiger partial charge in [-0.3, -0.25) is 10.6 Å². The second-order valence-corrected chi connectivity index (χ2v) is 5.76. The first-order chi connectivity index (χ1) is 10.1. The molecule has 1 aromatic rings. The summed E-state index contributed by atoms with van der Waals surface area (Å²) in [6.07, 6.45) is 3.26. The van der Waals surface area contributed by atoms with Crippen molar-refractivity contribution >= 4 is 11.6 Å². The number of nitrogens with two attached hydrogens (primary N) is 1. The van der Waals surface area contributed by atoms with E-state index in [2.05, 4.69) is 22.6 Å². The summed E-state index contributed by atoms with van der Waals surface area (Å²) < 4.78 is 0. The van der Waals surface area contributed by atoms with Crippen LogP contribution >= 0.6 is 0 Å². The van der Waals surface area contributed by atoms with Crippen LogP contribution in [0.25, 0.3) is 0 Å². The molecule has 4 N–H and O–H groups in total. The normalized spacial score (nSPS) is 16.7. The van der Waals surface area contributed by atoms with Crippen molar-refractivity contribution in [2.45, 2.75) is 39.2 Å². The van der Waals surface area contributed by atoms with Crippen molar-refractivity contribution in [2.75, 3.05) is 25.1 Å². The van der Waals surface area contributed by atoms with Gasteiger partial charge in [-0.2, -0.15) is 0 Å². The van der Waals surface area contributed by atoms with Crippen LogP contribution in [-0.2, 0) is 0 Å². The molecule has 116 valence electrons. The Morgan fingerprint density at radius 3 is 2.67 bits per heavy atom. The number of rotatable bonds is 5. The molecule has 1 heterocycles. The van der Waals surface area contributed by atoms with Gasteiger partial charge < -0.3 is 15.6 Å². The molecular weight excluding hydrogens is 264 g/mol. The largest absolute Gasteiger partial charge is 0.349 e. The molecule has 0 unspecified atom stereocenters. The summed E-state index contributed by atoms with van der Waals surface area (Å²) >= 11 is 0. The number of nitrogens with one attached hydrogen (secondary N) is 2. The van der Waals surface area contributed by atoms with Crippen LogP contribution in [-0.4, -0.2) is 36.5 Å². The van der Waals surface area contributed by atoms with Gasteiger partial charge in [-0.1, -0.05) is 6.92 Å². The summed E-state index contributed by atoms with van der Waals surface area (Å²) in [5.41, 5.74) is 5.07. The number of nitrogen functional groups attached to an aromatic ring is 1. The van der Waals surface area contributed by atoms with Crippen molar-refractivity contribution < 1.29 is 4.79 Å². The number of hydrogen-bond acceptors (Lipinski definition) is 4. The van der Waals surface area contributed by atoms with Gasteiger partial charge in [0.15, 0.2) is 0 Å². The minimum Gasteiger partial charge on any atom is -0.349 e. The zero-order chi connectivity index (χ0) is 15.2. The highest BCUT2D eigenvalue weighted by Gasteiger charge is 2.21. The highest BCUT2D eigenvalue weighted by Crippen LogP contribution is 2.16. The molecule has 0 saturated carbocycles. The van der Waals surface area contributed by atoms with Crippen molar-refractivity contribution in [3.8, 4) is 0 Å². The van der Waals surface area contributed by atoms with E-state index in [0.717, 1.165) is 49.3 Å². The molecule has 0 aromatic heterocycles. The monoisotopic (exact) mass is 290 g/mol. The Morgan fingerprint density at radius 1 is 1.38 bits per heavy atom. The number of carbonyl (C=O) groups is 1. The van der Waals surface area contributed by atoms with Crippen LogP contribution in [0.2, 0.25) is 0 Å².